The van der Waals surface area contributed by atoms with Gasteiger partial charge in [0.1, 0.15) is 0 Å². The number of nitrogens with zero attached hydrogens (tertiary/aromatic N) is 2. The molecule has 0 aliphatic heterocycles. The van der Waals surface area contributed by atoms with Crippen LogP contribution < -0.4 is 10.6 Å². The maximum atomic E-state index is 4.20. The predicted octanol–water partition coefficient (Wildman–Crippen LogP) is 0.643. The molecule has 0 fully saturated rings. The van der Waals surface area contributed by atoms with Crippen LogP contribution in [-0.4, -0.2) is 36.5 Å². The van der Waals surface area contributed by atoms with Gasteiger partial charge in [-0.25, -0.2) is 0 Å². The van der Waals surface area contributed by atoms with Crippen molar-refractivity contribution in [1.29, 1.82) is 0 Å². The summed E-state index contributed by atoms with van der Waals surface area (Å²) in [6, 6.07) is 2.39. The maximum absolute atomic E-state index is 4.20. The normalized spacial score (nSPS) is 13.0. The number of hydrogen-bond donors (Lipinski definition) is 2. The molecule has 0 aliphatic rings. The quantitative estimate of drug-likeness (QED) is 0.629. The summed E-state index contributed by atoms with van der Waals surface area (Å²) in [4.78, 5) is 0. The third kappa shape index (κ3) is 3.89. The van der Waals surface area contributed by atoms with E-state index in [1.807, 2.05) is 30.2 Å². The van der Waals surface area contributed by atoms with Gasteiger partial charge in [0.2, 0.25) is 0 Å². The van der Waals surface area contributed by atoms with E-state index in [1.54, 1.807) is 0 Å². The molecule has 0 aliphatic carbocycles. The minimum atomic E-state index is 0.430. The molecule has 0 spiro atoms. The van der Waals surface area contributed by atoms with Crippen molar-refractivity contribution in [3.63, 3.8) is 0 Å². The summed E-state index contributed by atoms with van der Waals surface area (Å²) in [5.74, 6) is 0. The van der Waals surface area contributed by atoms with E-state index in [9.17, 15) is 0 Å². The molecule has 1 atom stereocenters. The average Bonchev–Trinajstić information content (AvgIpc) is 2.70. The van der Waals surface area contributed by atoms with Gasteiger partial charge in [0.15, 0.2) is 0 Å². The number of nitrogens with one attached hydrogen (secondary N) is 2. The van der Waals surface area contributed by atoms with Gasteiger partial charge in [-0.15, -0.1) is 0 Å². The van der Waals surface area contributed by atoms with Crippen LogP contribution in [-0.2, 0) is 0 Å². The summed E-state index contributed by atoms with van der Waals surface area (Å²) in [7, 11) is 1.98. The van der Waals surface area contributed by atoms with Crippen LogP contribution >= 0.6 is 0 Å². The van der Waals surface area contributed by atoms with Crippen LogP contribution in [0.5, 0.6) is 0 Å². The molecular weight excluding hydrogens is 176 g/mol. The highest BCUT2D eigenvalue weighted by molar-refractivity contribution is 4.80. The van der Waals surface area contributed by atoms with Gasteiger partial charge >= 0.3 is 0 Å². The highest BCUT2D eigenvalue weighted by Crippen LogP contribution is 2.00. The van der Waals surface area contributed by atoms with Crippen molar-refractivity contribution in [2.75, 3.05) is 26.7 Å². The van der Waals surface area contributed by atoms with Gasteiger partial charge in [-0.2, -0.15) is 5.10 Å². The van der Waals surface area contributed by atoms with E-state index in [4.69, 9.17) is 0 Å². The zero-order valence-electron chi connectivity index (χ0n) is 9.03. The molecular formula is C10H20N4. The predicted molar refractivity (Wildman–Crippen MR) is 58.4 cm³/mol. The Balaban J connectivity index is 2.07. The summed E-state index contributed by atoms with van der Waals surface area (Å²) in [6.07, 6.45) is 4.99. The number of aromatic nitrogens is 2. The van der Waals surface area contributed by atoms with Gasteiger partial charge in [0.25, 0.3) is 0 Å². The Kier molecular flexibility index (Phi) is 5.25. The second-order valence-electron chi connectivity index (χ2n) is 3.50. The summed E-state index contributed by atoms with van der Waals surface area (Å²) in [5.41, 5.74) is 0. The first-order valence-electron chi connectivity index (χ1n) is 5.19. The molecule has 0 saturated carbocycles. The van der Waals surface area contributed by atoms with Crippen LogP contribution in [0.4, 0.5) is 0 Å². The standard InChI is InChI=1S/C10H20N4/c1-10(14-8-4-7-13-14)9-12-6-3-5-11-2/h4,7-8,10-12H,3,5-6,9H2,1-2H3. The van der Waals surface area contributed by atoms with Crippen LogP contribution in [0.3, 0.4) is 0 Å². The van der Waals surface area contributed by atoms with E-state index in [-0.39, 0.29) is 0 Å². The Morgan fingerprint density at radius 2 is 2.29 bits per heavy atom. The van der Waals surface area contributed by atoms with Crippen molar-refractivity contribution < 1.29 is 0 Å². The van der Waals surface area contributed by atoms with Crippen LogP contribution in [0.15, 0.2) is 18.5 Å². The van der Waals surface area contributed by atoms with E-state index in [0.717, 1.165) is 19.6 Å². The van der Waals surface area contributed by atoms with Crippen LogP contribution in [0.1, 0.15) is 19.4 Å². The fourth-order valence-electron chi connectivity index (χ4n) is 1.34. The van der Waals surface area contributed by atoms with E-state index in [0.29, 0.717) is 6.04 Å². The molecule has 1 unspecified atom stereocenters. The second kappa shape index (κ2) is 6.56. The molecule has 1 aromatic rings. The smallest absolute Gasteiger partial charge is 0.0615 e. The molecule has 2 N–H and O–H groups in total. The van der Waals surface area contributed by atoms with Gasteiger partial charge in [-0.3, -0.25) is 4.68 Å². The Morgan fingerprint density at radius 3 is 2.93 bits per heavy atom. The Bertz CT molecular complexity index is 220. The van der Waals surface area contributed by atoms with Gasteiger partial charge in [-0.1, -0.05) is 0 Å². The molecule has 14 heavy (non-hydrogen) atoms. The third-order valence-electron chi connectivity index (χ3n) is 2.20. The fourth-order valence-corrected chi connectivity index (χ4v) is 1.34. The molecule has 0 bridgehead atoms. The molecule has 0 radical (unpaired) electrons. The number of hydrogen-bond acceptors (Lipinski definition) is 3. The fraction of sp³-hybridized carbons (Fsp3) is 0.700. The van der Waals surface area contributed by atoms with E-state index in [2.05, 4.69) is 22.7 Å². The van der Waals surface area contributed by atoms with Gasteiger partial charge in [-0.05, 0) is 39.5 Å². The topological polar surface area (TPSA) is 41.9 Å². The molecule has 4 nitrogen and oxygen atoms in total. The monoisotopic (exact) mass is 196 g/mol. The lowest BCUT2D eigenvalue weighted by Crippen LogP contribution is -2.26. The largest absolute Gasteiger partial charge is 0.320 e. The van der Waals surface area contributed by atoms with E-state index in [1.165, 1.54) is 6.42 Å². The Morgan fingerprint density at radius 1 is 1.43 bits per heavy atom. The summed E-state index contributed by atoms with van der Waals surface area (Å²) in [5, 5.41) is 10.7. The molecule has 1 aromatic heterocycles. The summed E-state index contributed by atoms with van der Waals surface area (Å²) >= 11 is 0. The first-order valence-corrected chi connectivity index (χ1v) is 5.19. The van der Waals surface area contributed by atoms with Crippen molar-refractivity contribution in [2.24, 2.45) is 0 Å². The average molecular weight is 196 g/mol. The first-order chi connectivity index (χ1) is 6.84. The molecule has 1 rings (SSSR count). The zero-order valence-corrected chi connectivity index (χ0v) is 9.03. The Hall–Kier alpha value is -0.870. The highest BCUT2D eigenvalue weighted by atomic mass is 15.3. The van der Waals surface area contributed by atoms with Crippen molar-refractivity contribution in [2.45, 2.75) is 19.4 Å². The lowest BCUT2D eigenvalue weighted by Gasteiger charge is -2.12. The molecule has 0 amide bonds. The minimum absolute atomic E-state index is 0.430. The second-order valence-corrected chi connectivity index (χ2v) is 3.50. The SMILES string of the molecule is CNCCCNCC(C)n1cccn1. The summed E-state index contributed by atoms with van der Waals surface area (Å²) in [6.45, 7) is 5.28. The van der Waals surface area contributed by atoms with Crippen molar-refractivity contribution in [3.8, 4) is 0 Å². The van der Waals surface area contributed by atoms with E-state index >= 15 is 0 Å². The zero-order chi connectivity index (χ0) is 10.2. The summed E-state index contributed by atoms with van der Waals surface area (Å²) < 4.78 is 1.98. The molecule has 0 saturated heterocycles. The van der Waals surface area contributed by atoms with Crippen molar-refractivity contribution in [3.05, 3.63) is 18.5 Å². The third-order valence-corrected chi connectivity index (χ3v) is 2.20. The molecule has 1 heterocycles. The minimum Gasteiger partial charge on any atom is -0.320 e. The highest BCUT2D eigenvalue weighted by Gasteiger charge is 2.02. The van der Waals surface area contributed by atoms with E-state index < -0.39 is 0 Å². The van der Waals surface area contributed by atoms with Crippen molar-refractivity contribution >= 4 is 0 Å². The van der Waals surface area contributed by atoms with Crippen LogP contribution in [0.25, 0.3) is 0 Å². The number of rotatable bonds is 7. The lowest BCUT2D eigenvalue weighted by molar-refractivity contribution is 0.451. The first kappa shape index (κ1) is 11.2. The molecule has 80 valence electrons. The van der Waals surface area contributed by atoms with Gasteiger partial charge in [0, 0.05) is 18.9 Å². The maximum Gasteiger partial charge on any atom is 0.0615 e. The van der Waals surface area contributed by atoms with Crippen LogP contribution in [0.2, 0.25) is 0 Å². The Labute approximate surface area is 85.7 Å². The molecule has 0 aromatic carbocycles. The lowest BCUT2D eigenvalue weighted by atomic mass is 10.3. The van der Waals surface area contributed by atoms with Crippen molar-refractivity contribution in [1.82, 2.24) is 20.4 Å². The molecule has 4 heteroatoms. The van der Waals surface area contributed by atoms with Crippen LogP contribution in [0, 0.1) is 0 Å². The van der Waals surface area contributed by atoms with Gasteiger partial charge in [0.05, 0.1) is 6.04 Å². The van der Waals surface area contributed by atoms with Gasteiger partial charge < -0.3 is 10.6 Å².